The fraction of sp³-hybridized carbons (Fsp3) is 0.333. The highest BCUT2D eigenvalue weighted by atomic mass is 16.5. The van der Waals surface area contributed by atoms with Gasteiger partial charge in [0.1, 0.15) is 6.54 Å². The van der Waals surface area contributed by atoms with Gasteiger partial charge in [0.05, 0.1) is 18.4 Å². The fourth-order valence-electron chi connectivity index (χ4n) is 3.69. The van der Waals surface area contributed by atoms with Gasteiger partial charge in [-0.1, -0.05) is 42.5 Å². The zero-order valence-electron chi connectivity index (χ0n) is 15.1. The second-order valence-electron chi connectivity index (χ2n) is 7.01. The van der Waals surface area contributed by atoms with E-state index in [4.69, 9.17) is 4.74 Å². The van der Waals surface area contributed by atoms with Crippen molar-refractivity contribution in [2.45, 2.75) is 32.6 Å². The molecule has 3 aromatic rings. The van der Waals surface area contributed by atoms with Crippen LogP contribution in [0, 0.1) is 0 Å². The van der Waals surface area contributed by atoms with Crippen molar-refractivity contribution < 1.29 is 9.53 Å². The van der Waals surface area contributed by atoms with Gasteiger partial charge in [-0.15, -0.1) is 0 Å². The first kappa shape index (κ1) is 16.8. The third-order valence-corrected chi connectivity index (χ3v) is 4.80. The highest BCUT2D eigenvalue weighted by Crippen LogP contribution is 2.28. The first-order valence-electron chi connectivity index (χ1n) is 9.04. The van der Waals surface area contributed by atoms with Crippen LogP contribution in [0.25, 0.3) is 21.9 Å². The lowest BCUT2D eigenvalue weighted by atomic mass is 10.0. The summed E-state index contributed by atoms with van der Waals surface area (Å²) in [5.74, 6) is 0.0829. The molecule has 134 valence electrons. The molecule has 1 aliphatic heterocycles. The average Bonchev–Trinajstić information content (AvgIpc) is 3.08. The van der Waals surface area contributed by atoms with Crippen LogP contribution in [0.5, 0.6) is 0 Å². The first-order chi connectivity index (χ1) is 12.6. The number of carbonyl (C=O) groups is 1. The minimum Gasteiger partial charge on any atom is -0.372 e. The Balaban J connectivity index is 1.54. The van der Waals surface area contributed by atoms with E-state index in [0.29, 0.717) is 13.1 Å². The van der Waals surface area contributed by atoms with Crippen molar-refractivity contribution in [3.8, 4) is 11.1 Å². The summed E-state index contributed by atoms with van der Waals surface area (Å²) in [6.07, 6.45) is 3.94. The second-order valence-corrected chi connectivity index (χ2v) is 7.01. The van der Waals surface area contributed by atoms with Gasteiger partial charge in [0.25, 0.3) is 0 Å². The van der Waals surface area contributed by atoms with E-state index in [9.17, 15) is 4.79 Å². The van der Waals surface area contributed by atoms with Gasteiger partial charge in [-0.2, -0.15) is 5.10 Å². The standard InChI is InChI=1S/C21H23N3O2/c1-15-11-23(12-16(2)26-15)21(25)14-24-13-18(10-22-24)20-9-5-7-17-6-3-4-8-19(17)20/h3-10,13,15-16H,11-12,14H2,1-2H3. The molecule has 0 spiro atoms. The van der Waals surface area contributed by atoms with E-state index < -0.39 is 0 Å². The van der Waals surface area contributed by atoms with Crippen molar-refractivity contribution >= 4 is 16.7 Å². The number of benzene rings is 2. The lowest BCUT2D eigenvalue weighted by Gasteiger charge is -2.35. The topological polar surface area (TPSA) is 47.4 Å². The van der Waals surface area contributed by atoms with E-state index in [2.05, 4.69) is 35.4 Å². The molecule has 1 amide bonds. The first-order valence-corrected chi connectivity index (χ1v) is 9.04. The molecule has 5 heteroatoms. The molecule has 2 aromatic carbocycles. The molecular formula is C21H23N3O2. The maximum Gasteiger partial charge on any atom is 0.244 e. The molecule has 0 saturated carbocycles. The number of rotatable bonds is 3. The molecule has 0 aliphatic carbocycles. The van der Waals surface area contributed by atoms with Crippen LogP contribution < -0.4 is 0 Å². The van der Waals surface area contributed by atoms with Crippen LogP contribution >= 0.6 is 0 Å². The molecule has 1 fully saturated rings. The number of nitrogens with zero attached hydrogens (tertiary/aromatic N) is 3. The fourth-order valence-corrected chi connectivity index (χ4v) is 3.69. The largest absolute Gasteiger partial charge is 0.372 e. The summed E-state index contributed by atoms with van der Waals surface area (Å²) >= 11 is 0. The Morgan fingerprint density at radius 2 is 1.85 bits per heavy atom. The SMILES string of the molecule is CC1CN(C(=O)Cn2cc(-c3cccc4ccccc34)cn2)CC(C)O1. The molecule has 1 saturated heterocycles. The molecule has 0 N–H and O–H groups in total. The molecule has 2 atom stereocenters. The minimum absolute atomic E-state index is 0.0755. The molecule has 5 nitrogen and oxygen atoms in total. The predicted octanol–water partition coefficient (Wildman–Crippen LogP) is 3.34. The second kappa shape index (κ2) is 6.92. The van der Waals surface area contributed by atoms with Crippen molar-refractivity contribution in [3.05, 3.63) is 54.9 Å². The Labute approximate surface area is 153 Å². The zero-order valence-corrected chi connectivity index (χ0v) is 15.1. The van der Waals surface area contributed by atoms with E-state index in [-0.39, 0.29) is 24.7 Å². The maximum absolute atomic E-state index is 12.6. The summed E-state index contributed by atoms with van der Waals surface area (Å²) in [6, 6.07) is 14.6. The molecule has 0 radical (unpaired) electrons. The molecular weight excluding hydrogens is 326 g/mol. The van der Waals surface area contributed by atoms with Crippen LogP contribution in [0.1, 0.15) is 13.8 Å². The molecule has 2 unspecified atom stereocenters. The smallest absolute Gasteiger partial charge is 0.244 e. The number of amides is 1. The summed E-state index contributed by atoms with van der Waals surface area (Å²) in [5, 5.41) is 6.80. The van der Waals surface area contributed by atoms with Gasteiger partial charge in [-0.25, -0.2) is 0 Å². The molecule has 0 bridgehead atoms. The average molecular weight is 349 g/mol. The van der Waals surface area contributed by atoms with Crippen LogP contribution in [0.3, 0.4) is 0 Å². The number of morpholine rings is 1. The Morgan fingerprint density at radius 3 is 2.65 bits per heavy atom. The Kier molecular flexibility index (Phi) is 4.47. The lowest BCUT2D eigenvalue weighted by Crippen LogP contribution is -2.49. The summed E-state index contributed by atoms with van der Waals surface area (Å²) < 4.78 is 7.43. The van der Waals surface area contributed by atoms with E-state index >= 15 is 0 Å². The van der Waals surface area contributed by atoms with Gasteiger partial charge in [-0.3, -0.25) is 9.48 Å². The number of ether oxygens (including phenoxy) is 1. The van der Waals surface area contributed by atoms with Crippen LogP contribution in [-0.4, -0.2) is 45.9 Å². The Morgan fingerprint density at radius 1 is 1.12 bits per heavy atom. The third-order valence-electron chi connectivity index (χ3n) is 4.80. The maximum atomic E-state index is 12.6. The monoisotopic (exact) mass is 349 g/mol. The summed E-state index contributed by atoms with van der Waals surface area (Å²) in [7, 11) is 0. The molecule has 1 aliphatic rings. The van der Waals surface area contributed by atoms with Gasteiger partial charge in [0.2, 0.25) is 5.91 Å². The highest BCUT2D eigenvalue weighted by molar-refractivity contribution is 5.96. The normalized spacial score (nSPS) is 20.5. The molecule has 1 aromatic heterocycles. The number of aromatic nitrogens is 2. The van der Waals surface area contributed by atoms with E-state index in [0.717, 1.165) is 11.1 Å². The van der Waals surface area contributed by atoms with Gasteiger partial charge < -0.3 is 9.64 Å². The summed E-state index contributed by atoms with van der Waals surface area (Å²) in [4.78, 5) is 14.5. The third kappa shape index (κ3) is 3.35. The van der Waals surface area contributed by atoms with E-state index in [1.54, 1.807) is 4.68 Å². The van der Waals surface area contributed by atoms with Gasteiger partial charge in [0, 0.05) is 24.8 Å². The van der Waals surface area contributed by atoms with Crippen LogP contribution in [0.2, 0.25) is 0 Å². The number of carbonyl (C=O) groups excluding carboxylic acids is 1. The van der Waals surface area contributed by atoms with Crippen LogP contribution in [0.15, 0.2) is 54.9 Å². The predicted molar refractivity (Wildman–Crippen MR) is 102 cm³/mol. The van der Waals surface area contributed by atoms with Crippen molar-refractivity contribution in [1.82, 2.24) is 14.7 Å². The quantitative estimate of drug-likeness (QED) is 0.729. The van der Waals surface area contributed by atoms with Crippen molar-refractivity contribution in [3.63, 3.8) is 0 Å². The van der Waals surface area contributed by atoms with Gasteiger partial charge in [0.15, 0.2) is 0 Å². The zero-order chi connectivity index (χ0) is 18.1. The highest BCUT2D eigenvalue weighted by Gasteiger charge is 2.26. The number of fused-ring (bicyclic) bond motifs is 1. The lowest BCUT2D eigenvalue weighted by molar-refractivity contribution is -0.144. The van der Waals surface area contributed by atoms with Crippen molar-refractivity contribution in [2.75, 3.05) is 13.1 Å². The van der Waals surface area contributed by atoms with E-state index in [1.807, 2.05) is 43.3 Å². The summed E-state index contributed by atoms with van der Waals surface area (Å²) in [5.41, 5.74) is 2.16. The van der Waals surface area contributed by atoms with Crippen molar-refractivity contribution in [1.29, 1.82) is 0 Å². The van der Waals surface area contributed by atoms with Crippen LogP contribution in [-0.2, 0) is 16.1 Å². The Hall–Kier alpha value is -2.66. The number of hydrogen-bond acceptors (Lipinski definition) is 3. The summed E-state index contributed by atoms with van der Waals surface area (Å²) in [6.45, 7) is 5.54. The minimum atomic E-state index is 0.0755. The van der Waals surface area contributed by atoms with Gasteiger partial charge in [-0.05, 0) is 30.2 Å². The Bertz CT molecular complexity index is 918. The van der Waals surface area contributed by atoms with Gasteiger partial charge >= 0.3 is 0 Å². The van der Waals surface area contributed by atoms with Crippen LogP contribution in [0.4, 0.5) is 0 Å². The molecule has 4 rings (SSSR count). The molecule has 2 heterocycles. The molecule has 26 heavy (non-hydrogen) atoms. The van der Waals surface area contributed by atoms with Crippen molar-refractivity contribution in [2.24, 2.45) is 0 Å². The van der Waals surface area contributed by atoms with E-state index in [1.165, 1.54) is 10.8 Å². The number of hydrogen-bond donors (Lipinski definition) is 0.